The largest absolute Gasteiger partial charge is 0.475 e. The van der Waals surface area contributed by atoms with Crippen LogP contribution in [0.15, 0.2) is 40.2 Å². The molecule has 0 bridgehead atoms. The zero-order chi connectivity index (χ0) is 19.9. The molecular formula is C24H39N3O. The lowest BCUT2D eigenvalue weighted by Crippen LogP contribution is -2.34. The standard InChI is InChI=1S/C24H39N3O/c1-4-6-7-13-27-14-11-19(12-15-27)16-20-9-10-21-22(20)17-23(26-24(21)25)28-18(3)8-5-2/h9-10,17-19,22H,4-8,11-16H2,1-3H3,(H2,25,26). The number of nitrogens with zero attached hydrogens (tertiary/aromatic N) is 2. The van der Waals surface area contributed by atoms with Crippen LogP contribution in [0.25, 0.3) is 0 Å². The molecule has 1 aliphatic carbocycles. The molecule has 1 saturated heterocycles. The maximum atomic E-state index is 6.25. The lowest BCUT2D eigenvalue weighted by Gasteiger charge is -2.33. The minimum atomic E-state index is 0.184. The number of amidine groups is 1. The highest BCUT2D eigenvalue weighted by molar-refractivity contribution is 6.00. The van der Waals surface area contributed by atoms with Gasteiger partial charge in [0.15, 0.2) is 0 Å². The topological polar surface area (TPSA) is 50.8 Å². The van der Waals surface area contributed by atoms with Crippen LogP contribution in [0, 0.1) is 11.8 Å². The van der Waals surface area contributed by atoms with E-state index in [2.05, 4.69) is 48.9 Å². The number of ether oxygens (including phenoxy) is 1. The molecule has 0 aromatic carbocycles. The molecule has 0 amide bonds. The minimum Gasteiger partial charge on any atom is -0.475 e. The summed E-state index contributed by atoms with van der Waals surface area (Å²) >= 11 is 0. The predicted octanol–water partition coefficient (Wildman–Crippen LogP) is 5.18. The third-order valence-electron chi connectivity index (χ3n) is 6.37. The first-order valence-corrected chi connectivity index (χ1v) is 11.5. The van der Waals surface area contributed by atoms with Crippen molar-refractivity contribution in [2.75, 3.05) is 19.6 Å². The summed E-state index contributed by atoms with van der Waals surface area (Å²) in [6.07, 6.45) is 16.8. The van der Waals surface area contributed by atoms with Crippen molar-refractivity contribution in [1.82, 2.24) is 4.90 Å². The molecule has 3 aliphatic rings. The summed E-state index contributed by atoms with van der Waals surface area (Å²) in [5.74, 6) is 2.39. The number of nitrogens with two attached hydrogens (primary N) is 1. The van der Waals surface area contributed by atoms with Crippen molar-refractivity contribution >= 4 is 5.84 Å². The number of piperidine rings is 1. The third kappa shape index (κ3) is 5.50. The Balaban J connectivity index is 1.52. The van der Waals surface area contributed by atoms with Gasteiger partial charge in [-0.1, -0.05) is 50.8 Å². The van der Waals surface area contributed by atoms with Crippen LogP contribution in [-0.4, -0.2) is 36.5 Å². The van der Waals surface area contributed by atoms with Crippen LogP contribution in [0.3, 0.4) is 0 Å². The van der Waals surface area contributed by atoms with Gasteiger partial charge in [0.1, 0.15) is 5.84 Å². The fourth-order valence-corrected chi connectivity index (χ4v) is 4.67. The van der Waals surface area contributed by atoms with Crippen LogP contribution < -0.4 is 5.73 Å². The molecular weight excluding hydrogens is 346 g/mol. The van der Waals surface area contributed by atoms with E-state index in [0.717, 1.165) is 24.3 Å². The third-order valence-corrected chi connectivity index (χ3v) is 6.37. The number of rotatable bonds is 10. The molecule has 156 valence electrons. The van der Waals surface area contributed by atoms with E-state index in [1.807, 2.05) is 0 Å². The van der Waals surface area contributed by atoms with Gasteiger partial charge in [0.25, 0.3) is 0 Å². The van der Waals surface area contributed by atoms with Crippen molar-refractivity contribution < 1.29 is 4.74 Å². The summed E-state index contributed by atoms with van der Waals surface area (Å²) in [4.78, 5) is 7.16. The van der Waals surface area contributed by atoms with Gasteiger partial charge in [0.05, 0.1) is 6.10 Å². The van der Waals surface area contributed by atoms with Crippen LogP contribution in [-0.2, 0) is 4.74 Å². The summed E-state index contributed by atoms with van der Waals surface area (Å²) in [5, 5.41) is 0. The Kier molecular flexibility index (Phi) is 7.78. The highest BCUT2D eigenvalue weighted by atomic mass is 16.5. The van der Waals surface area contributed by atoms with Gasteiger partial charge < -0.3 is 15.4 Å². The van der Waals surface area contributed by atoms with E-state index in [9.17, 15) is 0 Å². The van der Waals surface area contributed by atoms with Crippen molar-refractivity contribution in [3.8, 4) is 0 Å². The van der Waals surface area contributed by atoms with Gasteiger partial charge in [-0.25, -0.2) is 0 Å². The molecule has 2 N–H and O–H groups in total. The minimum absolute atomic E-state index is 0.184. The summed E-state index contributed by atoms with van der Waals surface area (Å²) in [6.45, 7) is 10.4. The van der Waals surface area contributed by atoms with E-state index in [1.165, 1.54) is 63.7 Å². The zero-order valence-corrected chi connectivity index (χ0v) is 18.1. The Morgan fingerprint density at radius 3 is 2.68 bits per heavy atom. The van der Waals surface area contributed by atoms with Crippen LogP contribution in [0.1, 0.15) is 72.1 Å². The van der Waals surface area contributed by atoms with Gasteiger partial charge in [0.2, 0.25) is 5.88 Å². The molecule has 0 saturated carbocycles. The average molecular weight is 386 g/mol. The van der Waals surface area contributed by atoms with Crippen molar-refractivity contribution in [2.45, 2.75) is 78.2 Å². The smallest absolute Gasteiger partial charge is 0.212 e. The van der Waals surface area contributed by atoms with Crippen molar-refractivity contribution in [2.24, 2.45) is 22.6 Å². The fraction of sp³-hybridized carbons (Fsp3) is 0.708. The molecule has 2 atom stereocenters. The lowest BCUT2D eigenvalue weighted by molar-refractivity contribution is 0.120. The molecule has 3 rings (SSSR count). The fourth-order valence-electron chi connectivity index (χ4n) is 4.67. The molecule has 0 aromatic heterocycles. The molecule has 28 heavy (non-hydrogen) atoms. The molecule has 2 heterocycles. The second kappa shape index (κ2) is 10.3. The Hall–Kier alpha value is -1.55. The lowest BCUT2D eigenvalue weighted by atomic mass is 9.83. The van der Waals surface area contributed by atoms with Gasteiger partial charge >= 0.3 is 0 Å². The van der Waals surface area contributed by atoms with E-state index in [-0.39, 0.29) is 12.0 Å². The van der Waals surface area contributed by atoms with E-state index in [4.69, 9.17) is 10.5 Å². The van der Waals surface area contributed by atoms with Crippen LogP contribution in [0.4, 0.5) is 0 Å². The van der Waals surface area contributed by atoms with Gasteiger partial charge in [0, 0.05) is 11.5 Å². The number of hydrogen-bond acceptors (Lipinski definition) is 4. The number of fused-ring (bicyclic) bond motifs is 1. The van der Waals surface area contributed by atoms with Crippen LogP contribution in [0.5, 0.6) is 0 Å². The number of hydrogen-bond donors (Lipinski definition) is 1. The van der Waals surface area contributed by atoms with Crippen LogP contribution in [0.2, 0.25) is 0 Å². The van der Waals surface area contributed by atoms with Crippen molar-refractivity contribution in [3.05, 3.63) is 35.3 Å². The van der Waals surface area contributed by atoms with Gasteiger partial charge in [-0.3, -0.25) is 0 Å². The molecule has 2 aliphatic heterocycles. The van der Waals surface area contributed by atoms with E-state index in [1.54, 1.807) is 0 Å². The zero-order valence-electron chi connectivity index (χ0n) is 18.1. The molecule has 1 fully saturated rings. The van der Waals surface area contributed by atoms with Crippen LogP contribution >= 0.6 is 0 Å². The SMILES string of the molecule is CCCCCN1CCC(CC2=CC=C3C(N)=NC(OC(C)CCC)=CC23)CC1. The number of allylic oxidation sites excluding steroid dienone is 4. The first kappa shape index (κ1) is 21.2. The quantitative estimate of drug-likeness (QED) is 0.527. The van der Waals surface area contributed by atoms with E-state index < -0.39 is 0 Å². The molecule has 4 heteroatoms. The summed E-state index contributed by atoms with van der Waals surface area (Å²) in [6, 6.07) is 0. The Morgan fingerprint density at radius 2 is 1.96 bits per heavy atom. The van der Waals surface area contributed by atoms with Crippen molar-refractivity contribution in [3.63, 3.8) is 0 Å². The maximum absolute atomic E-state index is 6.25. The number of unbranched alkanes of at least 4 members (excludes halogenated alkanes) is 2. The Bertz CT molecular complexity index is 638. The predicted molar refractivity (Wildman–Crippen MR) is 118 cm³/mol. The summed E-state index contributed by atoms with van der Waals surface area (Å²) < 4.78 is 6.04. The Labute approximate surface area is 171 Å². The second-order valence-electron chi connectivity index (χ2n) is 8.76. The summed E-state index contributed by atoms with van der Waals surface area (Å²) in [7, 11) is 0. The Morgan fingerprint density at radius 1 is 1.18 bits per heavy atom. The monoisotopic (exact) mass is 385 g/mol. The van der Waals surface area contributed by atoms with Crippen molar-refractivity contribution in [1.29, 1.82) is 0 Å². The summed E-state index contributed by atoms with van der Waals surface area (Å²) in [5.41, 5.74) is 8.89. The molecule has 0 aromatic rings. The maximum Gasteiger partial charge on any atom is 0.212 e. The number of likely N-dealkylation sites (tertiary alicyclic amines) is 1. The molecule has 2 unspecified atom stereocenters. The first-order valence-electron chi connectivity index (χ1n) is 11.5. The average Bonchev–Trinajstić information content (AvgIpc) is 3.07. The molecule has 4 nitrogen and oxygen atoms in total. The molecule has 0 spiro atoms. The van der Waals surface area contributed by atoms with Gasteiger partial charge in [-0.05, 0) is 70.7 Å². The van der Waals surface area contributed by atoms with E-state index >= 15 is 0 Å². The highest BCUT2D eigenvalue weighted by Crippen LogP contribution is 2.38. The normalized spacial score (nSPS) is 24.2. The second-order valence-corrected chi connectivity index (χ2v) is 8.76. The molecule has 0 radical (unpaired) electrons. The van der Waals surface area contributed by atoms with Gasteiger partial charge in [-0.15, -0.1) is 0 Å². The first-order chi connectivity index (χ1) is 13.6. The van der Waals surface area contributed by atoms with E-state index in [0.29, 0.717) is 11.7 Å². The highest BCUT2D eigenvalue weighted by Gasteiger charge is 2.30. The van der Waals surface area contributed by atoms with Gasteiger partial charge in [-0.2, -0.15) is 4.99 Å². The number of aliphatic imine (C=N–C) groups is 1.